The summed E-state index contributed by atoms with van der Waals surface area (Å²) >= 11 is 6.68. The molecule has 2 aromatic rings. The number of hydrogen-bond acceptors (Lipinski definition) is 4. The fraction of sp³-hybridized carbons (Fsp3) is 0.400. The lowest BCUT2D eigenvalue weighted by Gasteiger charge is -2.02. The Labute approximate surface area is 116 Å². The molecule has 2 aromatic heterocycles. The lowest BCUT2D eigenvalue weighted by Crippen LogP contribution is -2.16. The first-order chi connectivity index (χ1) is 8.25. The molecule has 0 amide bonds. The monoisotopic (exact) mass is 362 g/mol. The highest BCUT2D eigenvalue weighted by Gasteiger charge is 2.04. The summed E-state index contributed by atoms with van der Waals surface area (Å²) in [6.45, 7) is 2.51. The van der Waals surface area contributed by atoms with Gasteiger partial charge in [-0.15, -0.1) is 5.10 Å². The molecule has 1 N–H and O–H groups in total. The largest absolute Gasteiger partial charge is 0.452 e. The number of rotatable bonds is 6. The minimum atomic E-state index is 0.724. The van der Waals surface area contributed by atoms with Crippen LogP contribution in [-0.4, -0.2) is 21.5 Å². The smallest absolute Gasteiger partial charge is 0.183 e. The van der Waals surface area contributed by atoms with Gasteiger partial charge in [0, 0.05) is 12.7 Å². The second kappa shape index (κ2) is 6.32. The van der Waals surface area contributed by atoms with Gasteiger partial charge in [0.25, 0.3) is 0 Å². The van der Waals surface area contributed by atoms with Crippen LogP contribution in [0.3, 0.4) is 0 Å². The maximum atomic E-state index is 5.45. The molecule has 0 aliphatic rings. The van der Waals surface area contributed by atoms with Crippen LogP contribution in [0.5, 0.6) is 0 Å². The molecule has 0 aromatic carbocycles. The summed E-state index contributed by atoms with van der Waals surface area (Å²) in [6, 6.07) is 1.95. The van der Waals surface area contributed by atoms with Crippen molar-refractivity contribution in [1.82, 2.24) is 20.3 Å². The molecule has 0 aliphatic carbocycles. The van der Waals surface area contributed by atoms with Gasteiger partial charge in [0.15, 0.2) is 4.67 Å². The molecule has 0 bridgehead atoms. The molecule has 0 unspecified atom stereocenters. The molecule has 2 rings (SSSR count). The van der Waals surface area contributed by atoms with Crippen molar-refractivity contribution in [2.75, 3.05) is 6.54 Å². The Morgan fingerprint density at radius 1 is 1.41 bits per heavy atom. The van der Waals surface area contributed by atoms with E-state index in [9.17, 15) is 0 Å². The topological polar surface area (TPSA) is 55.9 Å². The van der Waals surface area contributed by atoms with Crippen molar-refractivity contribution in [3.63, 3.8) is 0 Å². The van der Waals surface area contributed by atoms with Gasteiger partial charge in [0.2, 0.25) is 0 Å². The highest BCUT2D eigenvalue weighted by molar-refractivity contribution is 9.13. The van der Waals surface area contributed by atoms with E-state index in [0.717, 1.165) is 41.0 Å². The lowest BCUT2D eigenvalue weighted by molar-refractivity contribution is 0.455. The van der Waals surface area contributed by atoms with E-state index in [1.807, 2.05) is 16.9 Å². The van der Waals surface area contributed by atoms with Crippen molar-refractivity contribution in [2.24, 2.45) is 0 Å². The van der Waals surface area contributed by atoms with E-state index >= 15 is 0 Å². The SMILES string of the molecule is Brc1cc(CNCCCn2ccnn2)oc1Br. The highest BCUT2D eigenvalue weighted by Crippen LogP contribution is 2.26. The van der Waals surface area contributed by atoms with Crippen LogP contribution in [0.2, 0.25) is 0 Å². The number of furan rings is 1. The normalized spacial score (nSPS) is 10.9. The minimum absolute atomic E-state index is 0.724. The summed E-state index contributed by atoms with van der Waals surface area (Å²) in [7, 11) is 0. The van der Waals surface area contributed by atoms with Gasteiger partial charge in [0.05, 0.1) is 17.2 Å². The standard InChI is InChI=1S/C10H12Br2N4O/c11-9-6-8(17-10(9)12)7-13-2-1-4-16-5-3-14-15-16/h3,5-6,13H,1-2,4,7H2. The van der Waals surface area contributed by atoms with Crippen LogP contribution < -0.4 is 5.32 Å². The maximum Gasteiger partial charge on any atom is 0.183 e. The highest BCUT2D eigenvalue weighted by atomic mass is 79.9. The van der Waals surface area contributed by atoms with Crippen LogP contribution in [0, 0.1) is 0 Å². The number of halogens is 2. The summed E-state index contributed by atoms with van der Waals surface area (Å²) < 4.78 is 8.94. The third-order valence-electron chi connectivity index (χ3n) is 2.21. The zero-order valence-electron chi connectivity index (χ0n) is 9.07. The average Bonchev–Trinajstić information content (AvgIpc) is 2.90. The minimum Gasteiger partial charge on any atom is -0.452 e. The van der Waals surface area contributed by atoms with Crippen LogP contribution in [0.15, 0.2) is 32.0 Å². The van der Waals surface area contributed by atoms with E-state index in [-0.39, 0.29) is 0 Å². The Kier molecular flexibility index (Phi) is 4.75. The second-order valence-corrected chi connectivity index (χ2v) is 5.11. The van der Waals surface area contributed by atoms with E-state index in [0.29, 0.717) is 0 Å². The summed E-state index contributed by atoms with van der Waals surface area (Å²) in [5.74, 6) is 0.907. The molecule has 0 radical (unpaired) electrons. The number of nitrogens with zero attached hydrogens (tertiary/aromatic N) is 3. The van der Waals surface area contributed by atoms with Gasteiger partial charge < -0.3 is 9.73 Å². The van der Waals surface area contributed by atoms with E-state index in [1.165, 1.54) is 0 Å². The van der Waals surface area contributed by atoms with Crippen LogP contribution in [-0.2, 0) is 13.1 Å². The fourth-order valence-corrected chi connectivity index (χ4v) is 2.07. The number of nitrogens with one attached hydrogen (secondary N) is 1. The van der Waals surface area contributed by atoms with Crippen molar-refractivity contribution in [1.29, 1.82) is 0 Å². The van der Waals surface area contributed by atoms with E-state index < -0.39 is 0 Å². The molecule has 0 spiro atoms. The van der Waals surface area contributed by atoms with Crippen LogP contribution in [0.1, 0.15) is 12.2 Å². The molecule has 7 heteroatoms. The Morgan fingerprint density at radius 2 is 2.29 bits per heavy atom. The third kappa shape index (κ3) is 3.93. The second-order valence-electron chi connectivity index (χ2n) is 3.53. The molecule has 2 heterocycles. The van der Waals surface area contributed by atoms with Crippen molar-refractivity contribution in [2.45, 2.75) is 19.5 Å². The van der Waals surface area contributed by atoms with Gasteiger partial charge in [0.1, 0.15) is 5.76 Å². The molecular formula is C10H12Br2N4O. The molecule has 17 heavy (non-hydrogen) atoms. The molecule has 0 fully saturated rings. The predicted molar refractivity (Wildman–Crippen MR) is 70.5 cm³/mol. The number of aromatic nitrogens is 3. The first kappa shape index (κ1) is 12.8. The van der Waals surface area contributed by atoms with Gasteiger partial charge in [-0.25, -0.2) is 0 Å². The summed E-state index contributed by atoms with van der Waals surface area (Å²) in [5.41, 5.74) is 0. The zero-order chi connectivity index (χ0) is 12.1. The summed E-state index contributed by atoms with van der Waals surface area (Å²) in [5, 5.41) is 11.0. The van der Waals surface area contributed by atoms with Crippen molar-refractivity contribution < 1.29 is 4.42 Å². The van der Waals surface area contributed by atoms with Crippen LogP contribution in [0.4, 0.5) is 0 Å². The Balaban J connectivity index is 1.63. The van der Waals surface area contributed by atoms with Crippen molar-refractivity contribution >= 4 is 31.9 Å². The third-order valence-corrected chi connectivity index (χ3v) is 3.92. The quantitative estimate of drug-likeness (QED) is 0.801. The van der Waals surface area contributed by atoms with Crippen LogP contribution in [0.25, 0.3) is 0 Å². The van der Waals surface area contributed by atoms with E-state index in [1.54, 1.807) is 6.20 Å². The van der Waals surface area contributed by atoms with Gasteiger partial charge >= 0.3 is 0 Å². The summed E-state index contributed by atoms with van der Waals surface area (Å²) in [4.78, 5) is 0. The Hall–Kier alpha value is -0.660. The molecule has 0 saturated heterocycles. The first-order valence-corrected chi connectivity index (χ1v) is 6.83. The molecule has 92 valence electrons. The Bertz CT molecular complexity index is 435. The summed E-state index contributed by atoms with van der Waals surface area (Å²) in [6.07, 6.45) is 4.55. The van der Waals surface area contributed by atoms with Gasteiger partial charge in [-0.05, 0) is 50.9 Å². The van der Waals surface area contributed by atoms with Gasteiger partial charge in [-0.1, -0.05) is 5.21 Å². The predicted octanol–water partition coefficient (Wildman–Crippen LogP) is 2.58. The lowest BCUT2D eigenvalue weighted by atomic mass is 10.4. The molecule has 0 saturated carbocycles. The number of hydrogen-bond donors (Lipinski definition) is 1. The van der Waals surface area contributed by atoms with E-state index in [2.05, 4.69) is 47.5 Å². The van der Waals surface area contributed by atoms with Gasteiger partial charge in [-0.3, -0.25) is 4.68 Å². The number of aryl methyl sites for hydroxylation is 1. The van der Waals surface area contributed by atoms with Crippen molar-refractivity contribution in [3.8, 4) is 0 Å². The molecule has 0 atom stereocenters. The Morgan fingerprint density at radius 3 is 2.94 bits per heavy atom. The maximum absolute atomic E-state index is 5.45. The van der Waals surface area contributed by atoms with Gasteiger partial charge in [-0.2, -0.15) is 0 Å². The average molecular weight is 364 g/mol. The molecule has 5 nitrogen and oxygen atoms in total. The zero-order valence-corrected chi connectivity index (χ0v) is 12.2. The fourth-order valence-electron chi connectivity index (χ4n) is 1.41. The van der Waals surface area contributed by atoms with Crippen LogP contribution >= 0.6 is 31.9 Å². The van der Waals surface area contributed by atoms with E-state index in [4.69, 9.17) is 4.42 Å². The first-order valence-electron chi connectivity index (χ1n) is 5.24. The molecule has 0 aliphatic heterocycles. The van der Waals surface area contributed by atoms with Crippen molar-refractivity contribution in [3.05, 3.63) is 33.4 Å². The molecular weight excluding hydrogens is 352 g/mol.